The van der Waals surface area contributed by atoms with Crippen molar-refractivity contribution in [2.24, 2.45) is 5.92 Å². The third-order valence-electron chi connectivity index (χ3n) is 2.69. The highest BCUT2D eigenvalue weighted by atomic mass is 16.3. The van der Waals surface area contributed by atoms with Gasteiger partial charge in [-0.2, -0.15) is 0 Å². The topological polar surface area (TPSA) is 52.5 Å². The summed E-state index contributed by atoms with van der Waals surface area (Å²) in [6, 6.07) is 9.57. The van der Waals surface area contributed by atoms with Crippen LogP contribution < -0.4 is 5.32 Å². The monoisotopic (exact) mass is 223 g/mol. The molecule has 0 saturated heterocycles. The highest BCUT2D eigenvalue weighted by Gasteiger charge is 2.22. The van der Waals surface area contributed by atoms with E-state index < -0.39 is 6.10 Å². The van der Waals surface area contributed by atoms with Gasteiger partial charge < -0.3 is 15.5 Å². The molecule has 2 unspecified atom stereocenters. The third kappa shape index (κ3) is 3.59. The minimum Gasteiger partial charge on any atom is -0.395 e. The van der Waals surface area contributed by atoms with Gasteiger partial charge in [-0.15, -0.1) is 0 Å². The molecule has 0 aliphatic rings. The normalized spacial score (nSPS) is 15.1. The van der Waals surface area contributed by atoms with Gasteiger partial charge in [0.1, 0.15) is 0 Å². The fourth-order valence-electron chi connectivity index (χ4n) is 1.80. The van der Waals surface area contributed by atoms with E-state index in [4.69, 9.17) is 5.11 Å². The van der Waals surface area contributed by atoms with Crippen LogP contribution in [-0.2, 0) is 0 Å². The van der Waals surface area contributed by atoms with E-state index >= 15 is 0 Å². The van der Waals surface area contributed by atoms with Crippen molar-refractivity contribution in [3.8, 4) is 0 Å². The van der Waals surface area contributed by atoms with Gasteiger partial charge in [0, 0.05) is 12.6 Å². The lowest BCUT2D eigenvalue weighted by molar-refractivity contribution is 0.102. The number of nitrogens with one attached hydrogen (secondary N) is 1. The smallest absolute Gasteiger partial charge is 0.0945 e. The fraction of sp³-hybridized carbons (Fsp3) is 0.538. The Balaban J connectivity index is 2.71. The summed E-state index contributed by atoms with van der Waals surface area (Å²) in [6.07, 6.45) is -0.534. The average molecular weight is 223 g/mol. The molecular formula is C13H21NO2. The van der Waals surface area contributed by atoms with Crippen LogP contribution in [0.3, 0.4) is 0 Å². The van der Waals surface area contributed by atoms with Crippen LogP contribution in [0.4, 0.5) is 0 Å². The molecule has 0 heterocycles. The summed E-state index contributed by atoms with van der Waals surface area (Å²) in [7, 11) is 0. The Morgan fingerprint density at radius 2 is 1.81 bits per heavy atom. The summed E-state index contributed by atoms with van der Waals surface area (Å²) in [5.41, 5.74) is 0.909. The van der Waals surface area contributed by atoms with Crippen LogP contribution in [0.5, 0.6) is 0 Å². The van der Waals surface area contributed by atoms with Crippen LogP contribution in [0.1, 0.15) is 25.5 Å². The summed E-state index contributed by atoms with van der Waals surface area (Å²) >= 11 is 0. The molecule has 0 radical (unpaired) electrons. The quantitative estimate of drug-likeness (QED) is 0.682. The molecule has 0 aliphatic carbocycles. The van der Waals surface area contributed by atoms with E-state index in [1.165, 1.54) is 0 Å². The number of hydrogen-bond acceptors (Lipinski definition) is 3. The molecule has 0 fully saturated rings. The van der Waals surface area contributed by atoms with Gasteiger partial charge in [0.25, 0.3) is 0 Å². The summed E-state index contributed by atoms with van der Waals surface area (Å²) in [5.74, 6) is 0.307. The van der Waals surface area contributed by atoms with Crippen molar-refractivity contribution in [1.82, 2.24) is 5.32 Å². The van der Waals surface area contributed by atoms with Crippen LogP contribution in [-0.4, -0.2) is 29.4 Å². The van der Waals surface area contributed by atoms with Gasteiger partial charge in [-0.25, -0.2) is 0 Å². The summed E-state index contributed by atoms with van der Waals surface area (Å²) in [6.45, 7) is 4.71. The molecule has 0 bridgehead atoms. The van der Waals surface area contributed by atoms with Crippen molar-refractivity contribution in [3.05, 3.63) is 35.9 Å². The number of hydrogen-bond donors (Lipinski definition) is 3. The van der Waals surface area contributed by atoms with E-state index in [9.17, 15) is 5.11 Å². The van der Waals surface area contributed by atoms with Crippen molar-refractivity contribution < 1.29 is 10.2 Å². The van der Waals surface area contributed by atoms with E-state index in [1.54, 1.807) is 0 Å². The predicted octanol–water partition coefficient (Wildman–Crippen LogP) is 1.33. The molecule has 90 valence electrons. The van der Waals surface area contributed by atoms with Crippen molar-refractivity contribution in [1.29, 1.82) is 0 Å². The lowest BCUT2D eigenvalue weighted by Crippen LogP contribution is -2.40. The molecule has 16 heavy (non-hydrogen) atoms. The van der Waals surface area contributed by atoms with E-state index in [0.717, 1.165) is 5.56 Å². The molecular weight excluding hydrogens is 202 g/mol. The Labute approximate surface area is 97.1 Å². The van der Waals surface area contributed by atoms with E-state index in [1.807, 2.05) is 30.3 Å². The summed E-state index contributed by atoms with van der Waals surface area (Å²) in [4.78, 5) is 0. The minimum atomic E-state index is -0.534. The standard InChI is InChI=1S/C13H21NO2/c1-10(2)12(14-8-9-15)13(16)11-6-4-3-5-7-11/h3-7,10,12-16H,8-9H2,1-2H3. The van der Waals surface area contributed by atoms with Crippen molar-refractivity contribution in [3.63, 3.8) is 0 Å². The maximum absolute atomic E-state index is 10.2. The Kier molecular flexibility index (Phi) is 5.46. The third-order valence-corrected chi connectivity index (χ3v) is 2.69. The first-order valence-electron chi connectivity index (χ1n) is 5.74. The lowest BCUT2D eigenvalue weighted by atomic mass is 9.93. The second-order valence-electron chi connectivity index (χ2n) is 4.30. The molecule has 1 aromatic carbocycles. The molecule has 3 heteroatoms. The molecule has 3 N–H and O–H groups in total. The van der Waals surface area contributed by atoms with Gasteiger partial charge in [0.15, 0.2) is 0 Å². The minimum absolute atomic E-state index is 0.0328. The zero-order valence-corrected chi connectivity index (χ0v) is 9.93. The first-order chi connectivity index (χ1) is 7.66. The molecule has 1 aromatic rings. The number of aliphatic hydroxyl groups excluding tert-OH is 2. The van der Waals surface area contributed by atoms with Gasteiger partial charge in [0.2, 0.25) is 0 Å². The molecule has 1 rings (SSSR count). The average Bonchev–Trinajstić information content (AvgIpc) is 2.30. The Hall–Kier alpha value is -0.900. The molecule has 0 spiro atoms. The SMILES string of the molecule is CC(C)C(NCCO)C(O)c1ccccc1. The molecule has 0 aliphatic heterocycles. The zero-order chi connectivity index (χ0) is 12.0. The van der Waals surface area contributed by atoms with Gasteiger partial charge >= 0.3 is 0 Å². The van der Waals surface area contributed by atoms with Crippen molar-refractivity contribution in [2.45, 2.75) is 26.0 Å². The van der Waals surface area contributed by atoms with E-state index in [-0.39, 0.29) is 12.6 Å². The van der Waals surface area contributed by atoms with Crippen LogP contribution in [0.15, 0.2) is 30.3 Å². The Morgan fingerprint density at radius 1 is 1.19 bits per heavy atom. The number of aliphatic hydroxyl groups is 2. The predicted molar refractivity (Wildman–Crippen MR) is 65.1 cm³/mol. The maximum Gasteiger partial charge on any atom is 0.0945 e. The molecule has 3 nitrogen and oxygen atoms in total. The first-order valence-corrected chi connectivity index (χ1v) is 5.74. The molecule has 0 aromatic heterocycles. The zero-order valence-electron chi connectivity index (χ0n) is 9.93. The fourth-order valence-corrected chi connectivity index (χ4v) is 1.80. The Bertz CT molecular complexity index is 287. The van der Waals surface area contributed by atoms with Gasteiger partial charge in [-0.05, 0) is 11.5 Å². The highest BCUT2D eigenvalue weighted by Crippen LogP contribution is 2.21. The second-order valence-corrected chi connectivity index (χ2v) is 4.30. The van der Waals surface area contributed by atoms with Crippen LogP contribution in [0.25, 0.3) is 0 Å². The largest absolute Gasteiger partial charge is 0.395 e. The number of rotatable bonds is 6. The van der Waals surface area contributed by atoms with E-state index in [2.05, 4.69) is 19.2 Å². The van der Waals surface area contributed by atoms with Crippen molar-refractivity contribution >= 4 is 0 Å². The lowest BCUT2D eigenvalue weighted by Gasteiger charge is -2.27. The van der Waals surface area contributed by atoms with Gasteiger partial charge in [0.05, 0.1) is 12.7 Å². The van der Waals surface area contributed by atoms with Gasteiger partial charge in [-0.3, -0.25) is 0 Å². The number of benzene rings is 1. The Morgan fingerprint density at radius 3 is 2.31 bits per heavy atom. The molecule has 2 atom stereocenters. The summed E-state index contributed by atoms with van der Waals surface area (Å²) in [5, 5.41) is 22.2. The molecule has 0 amide bonds. The molecule has 0 saturated carbocycles. The highest BCUT2D eigenvalue weighted by molar-refractivity contribution is 5.19. The van der Waals surface area contributed by atoms with Crippen LogP contribution >= 0.6 is 0 Å². The maximum atomic E-state index is 10.2. The van der Waals surface area contributed by atoms with E-state index in [0.29, 0.717) is 12.5 Å². The summed E-state index contributed by atoms with van der Waals surface area (Å²) < 4.78 is 0. The van der Waals surface area contributed by atoms with Crippen LogP contribution in [0.2, 0.25) is 0 Å². The first kappa shape index (κ1) is 13.2. The van der Waals surface area contributed by atoms with Gasteiger partial charge in [-0.1, -0.05) is 44.2 Å². The van der Waals surface area contributed by atoms with Crippen molar-refractivity contribution in [2.75, 3.05) is 13.2 Å². The van der Waals surface area contributed by atoms with Crippen LogP contribution in [0, 0.1) is 5.92 Å². The second kappa shape index (κ2) is 6.63.